The Morgan fingerprint density at radius 1 is 1.31 bits per heavy atom. The predicted octanol–water partition coefficient (Wildman–Crippen LogP) is 2.63. The predicted molar refractivity (Wildman–Crippen MR) is 46.0 cm³/mol. The van der Waals surface area contributed by atoms with Gasteiger partial charge in [-0.2, -0.15) is 8.78 Å². The molecule has 0 aliphatic carbocycles. The maximum Gasteiger partial charge on any atom is 0.324 e. The fourth-order valence-electron chi connectivity index (χ4n) is 0.922. The van der Waals surface area contributed by atoms with E-state index >= 15 is 0 Å². The van der Waals surface area contributed by atoms with Crippen molar-refractivity contribution in [1.82, 2.24) is 0 Å². The molecule has 0 atom stereocenters. The van der Waals surface area contributed by atoms with E-state index in [0.717, 1.165) is 0 Å². The lowest BCUT2D eigenvalue weighted by atomic mass is 10.1. The van der Waals surface area contributed by atoms with Crippen LogP contribution in [-0.4, -0.2) is 11.2 Å². The van der Waals surface area contributed by atoms with Gasteiger partial charge in [-0.05, 0) is 17.2 Å². The third kappa shape index (κ3) is 2.77. The first-order chi connectivity index (χ1) is 6.02. The minimum absolute atomic E-state index is 0.390. The molecule has 0 saturated heterocycles. The Balaban J connectivity index is 2.75. The minimum Gasteiger partial charge on any atom is -0.274 e. The number of benzene rings is 1. The standard InChI is InChI=1S/C9H7ClF2O/c10-8(13)9(11,12)6-7-4-2-1-3-5-7/h1-5H,6H2. The molecule has 0 radical (unpaired) electrons. The van der Waals surface area contributed by atoms with Crippen LogP contribution in [0.4, 0.5) is 8.78 Å². The summed E-state index contributed by atoms with van der Waals surface area (Å²) in [5, 5.41) is -1.61. The van der Waals surface area contributed by atoms with Crippen molar-refractivity contribution in [2.45, 2.75) is 12.3 Å². The van der Waals surface area contributed by atoms with Crippen molar-refractivity contribution in [2.24, 2.45) is 0 Å². The number of carbonyl (C=O) groups is 1. The van der Waals surface area contributed by atoms with Crippen LogP contribution in [0.5, 0.6) is 0 Å². The molecule has 1 rings (SSSR count). The molecule has 13 heavy (non-hydrogen) atoms. The lowest BCUT2D eigenvalue weighted by Gasteiger charge is -2.10. The monoisotopic (exact) mass is 204 g/mol. The summed E-state index contributed by atoms with van der Waals surface area (Å²) in [7, 11) is 0. The number of alkyl halides is 2. The van der Waals surface area contributed by atoms with Crippen molar-refractivity contribution >= 4 is 16.8 Å². The second-order valence-corrected chi connectivity index (χ2v) is 2.98. The fraction of sp³-hybridized carbons (Fsp3) is 0.222. The molecule has 0 aliphatic rings. The highest BCUT2D eigenvalue weighted by Gasteiger charge is 2.37. The van der Waals surface area contributed by atoms with Gasteiger partial charge in [0.25, 0.3) is 5.24 Å². The molecule has 0 heterocycles. The molecule has 0 N–H and O–H groups in total. The second-order valence-electron chi connectivity index (χ2n) is 2.64. The van der Waals surface area contributed by atoms with Crippen molar-refractivity contribution in [1.29, 1.82) is 0 Å². The van der Waals surface area contributed by atoms with Crippen LogP contribution in [0.2, 0.25) is 0 Å². The summed E-state index contributed by atoms with van der Waals surface area (Å²) in [5.41, 5.74) is 0.390. The second kappa shape index (κ2) is 3.83. The Labute approximate surface area is 79.3 Å². The van der Waals surface area contributed by atoms with E-state index in [1.165, 1.54) is 12.1 Å². The third-order valence-corrected chi connectivity index (χ3v) is 1.83. The van der Waals surface area contributed by atoms with Crippen LogP contribution in [0, 0.1) is 0 Å². The van der Waals surface area contributed by atoms with Crippen LogP contribution < -0.4 is 0 Å². The summed E-state index contributed by atoms with van der Waals surface area (Å²) >= 11 is 4.73. The number of rotatable bonds is 3. The Kier molecular flexibility index (Phi) is 2.98. The van der Waals surface area contributed by atoms with Crippen molar-refractivity contribution < 1.29 is 13.6 Å². The van der Waals surface area contributed by atoms with Crippen LogP contribution >= 0.6 is 11.6 Å². The molecule has 0 unspecified atom stereocenters. The highest BCUT2D eigenvalue weighted by atomic mass is 35.5. The zero-order valence-electron chi connectivity index (χ0n) is 6.64. The summed E-state index contributed by atoms with van der Waals surface area (Å²) in [6, 6.07) is 8.01. The number of carbonyl (C=O) groups excluding carboxylic acids is 1. The molecule has 0 amide bonds. The molecule has 0 fully saturated rings. The van der Waals surface area contributed by atoms with Crippen LogP contribution in [-0.2, 0) is 11.2 Å². The molecule has 1 nitrogen and oxygen atoms in total. The van der Waals surface area contributed by atoms with Gasteiger partial charge in [0.05, 0.1) is 0 Å². The highest BCUT2D eigenvalue weighted by Crippen LogP contribution is 2.22. The van der Waals surface area contributed by atoms with Crippen molar-refractivity contribution in [3.63, 3.8) is 0 Å². The lowest BCUT2D eigenvalue weighted by molar-refractivity contribution is -0.133. The Bertz CT molecular complexity index is 298. The van der Waals surface area contributed by atoms with Gasteiger partial charge in [0.2, 0.25) is 0 Å². The van der Waals surface area contributed by atoms with Crippen LogP contribution in [0.15, 0.2) is 30.3 Å². The molecule has 0 bridgehead atoms. The van der Waals surface area contributed by atoms with Crippen molar-refractivity contribution in [3.8, 4) is 0 Å². The van der Waals surface area contributed by atoms with Gasteiger partial charge in [-0.15, -0.1) is 0 Å². The third-order valence-electron chi connectivity index (χ3n) is 1.56. The first-order valence-electron chi connectivity index (χ1n) is 3.64. The van der Waals surface area contributed by atoms with Gasteiger partial charge in [0, 0.05) is 6.42 Å². The van der Waals surface area contributed by atoms with Crippen LogP contribution in [0.25, 0.3) is 0 Å². The lowest BCUT2D eigenvalue weighted by Crippen LogP contribution is -2.26. The SMILES string of the molecule is O=C(Cl)C(F)(F)Cc1ccccc1. The Hall–Kier alpha value is -0.960. The summed E-state index contributed by atoms with van der Waals surface area (Å²) in [5.74, 6) is -3.47. The molecular formula is C9H7ClF2O. The quantitative estimate of drug-likeness (QED) is 0.692. The van der Waals surface area contributed by atoms with Gasteiger partial charge in [-0.1, -0.05) is 30.3 Å². The van der Waals surface area contributed by atoms with E-state index in [4.69, 9.17) is 11.6 Å². The van der Waals surface area contributed by atoms with Crippen LogP contribution in [0.3, 0.4) is 0 Å². The zero-order valence-corrected chi connectivity index (χ0v) is 7.39. The van der Waals surface area contributed by atoms with Gasteiger partial charge >= 0.3 is 5.92 Å². The zero-order chi connectivity index (χ0) is 9.90. The molecule has 0 aliphatic heterocycles. The molecule has 70 valence electrons. The smallest absolute Gasteiger partial charge is 0.274 e. The number of hydrogen-bond acceptors (Lipinski definition) is 1. The number of hydrogen-bond donors (Lipinski definition) is 0. The normalized spacial score (nSPS) is 11.3. The van der Waals surface area contributed by atoms with Gasteiger partial charge in [-0.25, -0.2) is 0 Å². The average molecular weight is 205 g/mol. The maximum absolute atomic E-state index is 12.8. The highest BCUT2D eigenvalue weighted by molar-refractivity contribution is 6.65. The molecule has 1 aromatic rings. The fourth-order valence-corrected chi connectivity index (χ4v) is 0.989. The van der Waals surface area contributed by atoms with E-state index in [1.54, 1.807) is 18.2 Å². The van der Waals surface area contributed by atoms with Gasteiger partial charge in [0.15, 0.2) is 0 Å². The van der Waals surface area contributed by atoms with Crippen molar-refractivity contribution in [3.05, 3.63) is 35.9 Å². The average Bonchev–Trinajstić information content (AvgIpc) is 2.05. The van der Waals surface area contributed by atoms with Gasteiger partial charge < -0.3 is 0 Å². The van der Waals surface area contributed by atoms with Crippen molar-refractivity contribution in [2.75, 3.05) is 0 Å². The van der Waals surface area contributed by atoms with Gasteiger partial charge in [0.1, 0.15) is 0 Å². The summed E-state index contributed by atoms with van der Waals surface area (Å²) in [6.07, 6.45) is -0.643. The van der Waals surface area contributed by atoms with E-state index in [-0.39, 0.29) is 0 Å². The van der Waals surface area contributed by atoms with Crippen LogP contribution in [0.1, 0.15) is 5.56 Å². The molecule has 0 aromatic heterocycles. The molecule has 4 heteroatoms. The first kappa shape index (κ1) is 10.1. The minimum atomic E-state index is -3.47. The summed E-state index contributed by atoms with van der Waals surface area (Å²) < 4.78 is 25.5. The molecule has 0 spiro atoms. The van der Waals surface area contributed by atoms with E-state index < -0.39 is 17.6 Å². The van der Waals surface area contributed by atoms with Gasteiger partial charge in [-0.3, -0.25) is 4.79 Å². The molecule has 1 aromatic carbocycles. The summed E-state index contributed by atoms with van der Waals surface area (Å²) in [6.45, 7) is 0. The van der Waals surface area contributed by atoms with E-state index in [0.29, 0.717) is 5.56 Å². The summed E-state index contributed by atoms with van der Waals surface area (Å²) in [4.78, 5) is 10.3. The first-order valence-corrected chi connectivity index (χ1v) is 4.02. The Morgan fingerprint density at radius 2 is 1.85 bits per heavy atom. The van der Waals surface area contributed by atoms with E-state index in [1.807, 2.05) is 0 Å². The Morgan fingerprint density at radius 3 is 2.31 bits per heavy atom. The molecular weight excluding hydrogens is 198 g/mol. The topological polar surface area (TPSA) is 17.1 Å². The van der Waals surface area contributed by atoms with E-state index in [2.05, 4.69) is 0 Å². The largest absolute Gasteiger partial charge is 0.324 e. The molecule has 0 saturated carbocycles. The van der Waals surface area contributed by atoms with E-state index in [9.17, 15) is 13.6 Å². The maximum atomic E-state index is 12.8. The number of halogens is 3.